The van der Waals surface area contributed by atoms with Crippen LogP contribution in [-0.2, 0) is 0 Å². The van der Waals surface area contributed by atoms with E-state index >= 15 is 0 Å². The lowest BCUT2D eigenvalue weighted by atomic mass is 10.0. The Morgan fingerprint density at radius 3 is 2.50 bits per heavy atom. The Labute approximate surface area is 184 Å². The summed E-state index contributed by atoms with van der Waals surface area (Å²) in [4.78, 5) is 21.8. The van der Waals surface area contributed by atoms with Crippen molar-refractivity contribution in [3.8, 4) is 28.5 Å². The average molecular weight is 428 g/mol. The van der Waals surface area contributed by atoms with Crippen LogP contribution < -0.4 is 14.9 Å². The van der Waals surface area contributed by atoms with Crippen LogP contribution in [0.2, 0.25) is 0 Å². The highest BCUT2D eigenvalue weighted by Crippen LogP contribution is 2.36. The van der Waals surface area contributed by atoms with Gasteiger partial charge in [-0.05, 0) is 36.4 Å². The van der Waals surface area contributed by atoms with E-state index in [0.29, 0.717) is 27.7 Å². The first kappa shape index (κ1) is 20.8. The number of carbonyl (C=O) groups is 1. The zero-order valence-corrected chi connectivity index (χ0v) is 17.4. The summed E-state index contributed by atoms with van der Waals surface area (Å²) in [5.74, 6) is -0.0261. The fourth-order valence-corrected chi connectivity index (χ4v) is 3.24. The lowest BCUT2D eigenvalue weighted by Crippen LogP contribution is -2.18. The number of hydrogen-bond acceptors (Lipinski definition) is 7. The van der Waals surface area contributed by atoms with E-state index in [0.717, 1.165) is 5.56 Å². The molecule has 8 heteroatoms. The molecule has 0 aliphatic heterocycles. The van der Waals surface area contributed by atoms with Crippen molar-refractivity contribution in [1.29, 1.82) is 0 Å². The van der Waals surface area contributed by atoms with Gasteiger partial charge in [-0.25, -0.2) is 10.4 Å². The standard InChI is InChI=1S/C24H20N4O4/c1-31-21-10-15(11-22(32-2)23(21)29)13-26-28-24(30)18-12-20(16-6-5-9-25-14-16)27-19-8-4-3-7-17(18)19/h3-14,29H,1-2H3,(H,28,30). The Bertz CT molecular complexity index is 1280. The van der Waals surface area contributed by atoms with Gasteiger partial charge in [0.15, 0.2) is 11.5 Å². The lowest BCUT2D eigenvalue weighted by Gasteiger charge is -2.10. The Balaban J connectivity index is 1.65. The normalized spacial score (nSPS) is 10.9. The van der Waals surface area contributed by atoms with Gasteiger partial charge in [0.05, 0.1) is 37.2 Å². The van der Waals surface area contributed by atoms with Gasteiger partial charge in [0.25, 0.3) is 5.91 Å². The molecule has 2 heterocycles. The van der Waals surface area contributed by atoms with Crippen LogP contribution in [0.15, 0.2) is 72.1 Å². The molecule has 0 fully saturated rings. The van der Waals surface area contributed by atoms with Crippen molar-refractivity contribution >= 4 is 23.0 Å². The molecular weight excluding hydrogens is 408 g/mol. The van der Waals surface area contributed by atoms with Crippen LogP contribution in [0.4, 0.5) is 0 Å². The fourth-order valence-electron chi connectivity index (χ4n) is 3.24. The second kappa shape index (κ2) is 9.13. The molecule has 0 radical (unpaired) electrons. The van der Waals surface area contributed by atoms with Crippen LogP contribution in [0.5, 0.6) is 17.2 Å². The van der Waals surface area contributed by atoms with Crippen molar-refractivity contribution < 1.29 is 19.4 Å². The Morgan fingerprint density at radius 2 is 1.81 bits per heavy atom. The predicted octanol–water partition coefficient (Wildman–Crippen LogP) is 3.78. The molecule has 2 aromatic carbocycles. The van der Waals surface area contributed by atoms with Gasteiger partial charge in [-0.3, -0.25) is 9.78 Å². The highest BCUT2D eigenvalue weighted by molar-refractivity contribution is 6.07. The second-order valence-corrected chi connectivity index (χ2v) is 6.79. The summed E-state index contributed by atoms with van der Waals surface area (Å²) in [6.07, 6.45) is 4.82. The molecule has 0 aliphatic rings. The number of pyridine rings is 2. The number of phenols is 1. The van der Waals surface area contributed by atoms with E-state index in [-0.39, 0.29) is 23.2 Å². The molecule has 0 spiro atoms. The van der Waals surface area contributed by atoms with Gasteiger partial charge >= 0.3 is 0 Å². The monoisotopic (exact) mass is 428 g/mol. The predicted molar refractivity (Wildman–Crippen MR) is 121 cm³/mol. The van der Waals surface area contributed by atoms with E-state index in [1.165, 1.54) is 20.4 Å². The molecule has 0 aliphatic carbocycles. The van der Waals surface area contributed by atoms with Gasteiger partial charge in [-0.2, -0.15) is 5.10 Å². The molecule has 32 heavy (non-hydrogen) atoms. The summed E-state index contributed by atoms with van der Waals surface area (Å²) >= 11 is 0. The number of nitrogens with zero attached hydrogens (tertiary/aromatic N) is 3. The quantitative estimate of drug-likeness (QED) is 0.358. The first-order valence-corrected chi connectivity index (χ1v) is 9.69. The molecule has 8 nitrogen and oxygen atoms in total. The van der Waals surface area contributed by atoms with Crippen molar-refractivity contribution in [1.82, 2.24) is 15.4 Å². The number of aromatic nitrogens is 2. The topological polar surface area (TPSA) is 106 Å². The Kier molecular flexibility index (Phi) is 5.94. The SMILES string of the molecule is COc1cc(C=NNC(=O)c2cc(-c3cccnc3)nc3ccccc23)cc(OC)c1O. The molecule has 2 aromatic heterocycles. The maximum atomic E-state index is 13.0. The number of benzene rings is 2. The first-order valence-electron chi connectivity index (χ1n) is 9.69. The molecule has 2 N–H and O–H groups in total. The van der Waals surface area contributed by atoms with Crippen molar-refractivity contribution in [3.05, 3.63) is 78.1 Å². The van der Waals surface area contributed by atoms with Crippen LogP contribution in [0.3, 0.4) is 0 Å². The van der Waals surface area contributed by atoms with E-state index in [4.69, 9.17) is 9.47 Å². The van der Waals surface area contributed by atoms with Gasteiger partial charge in [-0.1, -0.05) is 18.2 Å². The van der Waals surface area contributed by atoms with Crippen molar-refractivity contribution in [2.75, 3.05) is 14.2 Å². The number of para-hydroxylation sites is 1. The number of rotatable bonds is 6. The van der Waals surface area contributed by atoms with Crippen molar-refractivity contribution in [3.63, 3.8) is 0 Å². The molecule has 0 saturated heterocycles. The minimum absolute atomic E-state index is 0.109. The number of fused-ring (bicyclic) bond motifs is 1. The van der Waals surface area contributed by atoms with Crippen LogP contribution in [0, 0.1) is 0 Å². The molecular formula is C24H20N4O4. The van der Waals surface area contributed by atoms with Crippen molar-refractivity contribution in [2.24, 2.45) is 5.10 Å². The zero-order chi connectivity index (χ0) is 22.5. The van der Waals surface area contributed by atoms with Crippen LogP contribution in [0.25, 0.3) is 22.2 Å². The number of hydrazone groups is 1. The zero-order valence-electron chi connectivity index (χ0n) is 17.4. The van der Waals surface area contributed by atoms with Crippen LogP contribution >= 0.6 is 0 Å². The van der Waals surface area contributed by atoms with Gasteiger partial charge in [0.2, 0.25) is 5.75 Å². The molecule has 1 amide bonds. The molecule has 0 atom stereocenters. The maximum Gasteiger partial charge on any atom is 0.272 e. The minimum Gasteiger partial charge on any atom is -0.502 e. The van der Waals surface area contributed by atoms with Gasteiger partial charge in [0, 0.05) is 28.9 Å². The molecule has 0 bridgehead atoms. The number of phenolic OH excluding ortho intramolecular Hbond substituents is 1. The number of carbonyl (C=O) groups excluding carboxylic acids is 1. The third-order valence-corrected chi connectivity index (χ3v) is 4.80. The lowest BCUT2D eigenvalue weighted by molar-refractivity contribution is 0.0956. The third-order valence-electron chi connectivity index (χ3n) is 4.80. The molecule has 160 valence electrons. The fraction of sp³-hybridized carbons (Fsp3) is 0.0833. The number of amides is 1. The van der Waals surface area contributed by atoms with E-state index in [9.17, 15) is 9.90 Å². The summed E-state index contributed by atoms with van der Waals surface area (Å²) in [5.41, 5.74) is 5.70. The van der Waals surface area contributed by atoms with Crippen LogP contribution in [-0.4, -0.2) is 41.4 Å². The smallest absolute Gasteiger partial charge is 0.272 e. The number of aromatic hydroxyl groups is 1. The van der Waals surface area contributed by atoms with Crippen molar-refractivity contribution in [2.45, 2.75) is 0 Å². The Hall–Kier alpha value is -4.46. The second-order valence-electron chi connectivity index (χ2n) is 6.79. The van der Waals surface area contributed by atoms with Gasteiger partial charge in [0.1, 0.15) is 0 Å². The molecule has 0 saturated carbocycles. The van der Waals surface area contributed by atoms with E-state index in [1.807, 2.05) is 36.4 Å². The maximum absolute atomic E-state index is 13.0. The van der Waals surface area contributed by atoms with E-state index in [1.54, 1.807) is 30.6 Å². The molecule has 4 rings (SSSR count). The molecule has 0 unspecified atom stereocenters. The van der Waals surface area contributed by atoms with E-state index < -0.39 is 0 Å². The summed E-state index contributed by atoms with van der Waals surface area (Å²) in [6.45, 7) is 0. The van der Waals surface area contributed by atoms with Crippen LogP contribution in [0.1, 0.15) is 15.9 Å². The number of methoxy groups -OCH3 is 2. The number of nitrogens with one attached hydrogen (secondary N) is 1. The first-order chi connectivity index (χ1) is 15.6. The number of ether oxygens (including phenoxy) is 2. The third kappa shape index (κ3) is 4.20. The van der Waals surface area contributed by atoms with Gasteiger partial charge in [-0.15, -0.1) is 0 Å². The highest BCUT2D eigenvalue weighted by atomic mass is 16.5. The Morgan fingerprint density at radius 1 is 1.06 bits per heavy atom. The summed E-state index contributed by atoms with van der Waals surface area (Å²) < 4.78 is 10.3. The summed E-state index contributed by atoms with van der Waals surface area (Å²) in [6, 6.07) is 16.0. The number of hydrogen-bond donors (Lipinski definition) is 2. The highest BCUT2D eigenvalue weighted by Gasteiger charge is 2.14. The minimum atomic E-state index is -0.386. The average Bonchev–Trinajstić information content (AvgIpc) is 2.84. The largest absolute Gasteiger partial charge is 0.502 e. The summed E-state index contributed by atoms with van der Waals surface area (Å²) in [5, 5.41) is 14.8. The van der Waals surface area contributed by atoms with Gasteiger partial charge < -0.3 is 14.6 Å². The summed E-state index contributed by atoms with van der Waals surface area (Å²) in [7, 11) is 2.87. The van der Waals surface area contributed by atoms with E-state index in [2.05, 4.69) is 20.5 Å². The molecule has 4 aromatic rings.